The van der Waals surface area contributed by atoms with Crippen LogP contribution < -0.4 is 10.3 Å². The molecule has 1 aliphatic rings. The molecule has 0 N–H and O–H groups in total. The van der Waals surface area contributed by atoms with Crippen LogP contribution in [0.25, 0.3) is 10.2 Å². The van der Waals surface area contributed by atoms with E-state index in [1.54, 1.807) is 17.6 Å². The fourth-order valence-electron chi connectivity index (χ4n) is 3.22. The third kappa shape index (κ3) is 2.98. The molecule has 0 amide bonds. The molecule has 1 aromatic carbocycles. The van der Waals surface area contributed by atoms with Crippen LogP contribution in [0.15, 0.2) is 40.5 Å². The molecule has 0 saturated carbocycles. The van der Waals surface area contributed by atoms with Crippen LogP contribution in [-0.2, 0) is 12.8 Å². The van der Waals surface area contributed by atoms with Gasteiger partial charge in [0.05, 0.1) is 18.2 Å². The van der Waals surface area contributed by atoms with Crippen LogP contribution in [0.5, 0.6) is 5.75 Å². The van der Waals surface area contributed by atoms with Gasteiger partial charge in [-0.25, -0.2) is 4.98 Å². The molecular formula is C19H19N3O2S. The predicted octanol–water partition coefficient (Wildman–Crippen LogP) is 3.62. The monoisotopic (exact) mass is 353 g/mol. The highest BCUT2D eigenvalue weighted by Gasteiger charge is 2.19. The van der Waals surface area contributed by atoms with Crippen molar-refractivity contribution in [2.24, 2.45) is 5.10 Å². The van der Waals surface area contributed by atoms with Gasteiger partial charge in [-0.1, -0.05) is 12.1 Å². The number of aryl methyl sites for hydroxylation is 2. The highest BCUT2D eigenvalue weighted by atomic mass is 32.1. The van der Waals surface area contributed by atoms with Gasteiger partial charge in [0.1, 0.15) is 16.9 Å². The van der Waals surface area contributed by atoms with E-state index in [4.69, 9.17) is 4.74 Å². The molecule has 2 aromatic heterocycles. The first kappa shape index (κ1) is 16.0. The minimum absolute atomic E-state index is 0.0884. The average molecular weight is 353 g/mol. The molecule has 0 aliphatic heterocycles. The lowest BCUT2D eigenvalue weighted by atomic mass is 9.97. The highest BCUT2D eigenvalue weighted by molar-refractivity contribution is 7.18. The summed E-state index contributed by atoms with van der Waals surface area (Å²) in [6.45, 7) is 2.52. The fraction of sp³-hybridized carbons (Fsp3) is 0.316. The highest BCUT2D eigenvalue weighted by Crippen LogP contribution is 2.33. The van der Waals surface area contributed by atoms with Gasteiger partial charge in [-0.2, -0.15) is 9.78 Å². The van der Waals surface area contributed by atoms with Crippen LogP contribution in [0, 0.1) is 0 Å². The van der Waals surface area contributed by atoms with Gasteiger partial charge in [-0.15, -0.1) is 11.3 Å². The molecular weight excluding hydrogens is 334 g/mol. The second-order valence-corrected chi connectivity index (χ2v) is 7.08. The van der Waals surface area contributed by atoms with Crippen molar-refractivity contribution in [3.05, 3.63) is 57.0 Å². The largest absolute Gasteiger partial charge is 0.493 e. The molecule has 0 unspecified atom stereocenters. The zero-order chi connectivity index (χ0) is 17.2. The first-order valence-corrected chi connectivity index (χ1v) is 9.37. The van der Waals surface area contributed by atoms with Gasteiger partial charge < -0.3 is 4.74 Å². The van der Waals surface area contributed by atoms with E-state index in [9.17, 15) is 4.79 Å². The minimum Gasteiger partial charge on any atom is -0.493 e. The van der Waals surface area contributed by atoms with Gasteiger partial charge in [0.15, 0.2) is 0 Å². The number of aromatic nitrogens is 2. The zero-order valence-electron chi connectivity index (χ0n) is 14.1. The van der Waals surface area contributed by atoms with E-state index in [0.29, 0.717) is 6.61 Å². The molecule has 2 heterocycles. The Balaban J connectivity index is 1.75. The van der Waals surface area contributed by atoms with E-state index in [0.717, 1.165) is 40.8 Å². The third-order valence-electron chi connectivity index (χ3n) is 4.40. The molecule has 6 heteroatoms. The number of benzene rings is 1. The number of fused-ring (bicyclic) bond motifs is 3. The van der Waals surface area contributed by atoms with E-state index in [1.165, 1.54) is 27.9 Å². The van der Waals surface area contributed by atoms with Crippen LogP contribution in [0.2, 0.25) is 0 Å². The second-order valence-electron chi connectivity index (χ2n) is 6.00. The van der Waals surface area contributed by atoms with Crippen molar-refractivity contribution in [2.75, 3.05) is 6.61 Å². The van der Waals surface area contributed by atoms with Crippen molar-refractivity contribution >= 4 is 27.8 Å². The molecule has 5 nitrogen and oxygen atoms in total. The van der Waals surface area contributed by atoms with Gasteiger partial charge in [0, 0.05) is 10.4 Å². The lowest BCUT2D eigenvalue weighted by Crippen LogP contribution is -2.18. The van der Waals surface area contributed by atoms with Crippen LogP contribution in [0.1, 0.15) is 35.8 Å². The van der Waals surface area contributed by atoms with E-state index in [2.05, 4.69) is 10.1 Å². The summed E-state index contributed by atoms with van der Waals surface area (Å²) in [5.74, 6) is 0.753. The Morgan fingerprint density at radius 3 is 3.04 bits per heavy atom. The number of ether oxygens (including phenoxy) is 1. The molecule has 0 fully saturated rings. The van der Waals surface area contributed by atoms with Gasteiger partial charge >= 0.3 is 0 Å². The lowest BCUT2D eigenvalue weighted by molar-refractivity contribution is 0.340. The topological polar surface area (TPSA) is 56.5 Å². The molecule has 1 aliphatic carbocycles. The van der Waals surface area contributed by atoms with Crippen LogP contribution >= 0.6 is 11.3 Å². The van der Waals surface area contributed by atoms with E-state index < -0.39 is 0 Å². The Hall–Kier alpha value is -2.47. The number of hydrogen-bond donors (Lipinski definition) is 0. The first-order valence-electron chi connectivity index (χ1n) is 8.56. The van der Waals surface area contributed by atoms with Crippen molar-refractivity contribution in [2.45, 2.75) is 32.6 Å². The lowest BCUT2D eigenvalue weighted by Gasteiger charge is -2.09. The Morgan fingerprint density at radius 1 is 1.32 bits per heavy atom. The number of rotatable bonds is 4. The van der Waals surface area contributed by atoms with E-state index in [1.807, 2.05) is 31.2 Å². The van der Waals surface area contributed by atoms with Crippen LogP contribution in [0.4, 0.5) is 0 Å². The summed E-state index contributed by atoms with van der Waals surface area (Å²) in [5, 5.41) is 5.09. The Bertz CT molecular complexity index is 1000. The number of hydrogen-bond acceptors (Lipinski definition) is 5. The van der Waals surface area contributed by atoms with Gasteiger partial charge in [-0.05, 0) is 50.3 Å². The average Bonchev–Trinajstić information content (AvgIpc) is 3.02. The molecule has 3 aromatic rings. The summed E-state index contributed by atoms with van der Waals surface area (Å²) >= 11 is 1.65. The summed E-state index contributed by atoms with van der Waals surface area (Å²) in [6, 6.07) is 7.64. The summed E-state index contributed by atoms with van der Waals surface area (Å²) in [7, 11) is 0. The molecule has 128 valence electrons. The number of nitrogens with zero attached hydrogens (tertiary/aromatic N) is 3. The van der Waals surface area contributed by atoms with Crippen molar-refractivity contribution in [3.63, 3.8) is 0 Å². The summed E-state index contributed by atoms with van der Waals surface area (Å²) in [5.41, 5.74) is 1.93. The van der Waals surface area contributed by atoms with Crippen LogP contribution in [-0.4, -0.2) is 22.5 Å². The van der Waals surface area contributed by atoms with E-state index in [-0.39, 0.29) is 5.56 Å². The Kier molecular flexibility index (Phi) is 4.36. The fourth-order valence-corrected chi connectivity index (χ4v) is 4.44. The molecule has 0 bridgehead atoms. The van der Waals surface area contributed by atoms with E-state index >= 15 is 0 Å². The Labute approximate surface area is 149 Å². The predicted molar refractivity (Wildman–Crippen MR) is 101 cm³/mol. The minimum atomic E-state index is -0.0884. The van der Waals surface area contributed by atoms with Crippen LogP contribution in [0.3, 0.4) is 0 Å². The van der Waals surface area contributed by atoms with Gasteiger partial charge in [0.2, 0.25) is 0 Å². The number of para-hydroxylation sites is 1. The molecule has 0 radical (unpaired) electrons. The van der Waals surface area contributed by atoms with Gasteiger partial charge in [0.25, 0.3) is 5.56 Å². The maximum Gasteiger partial charge on any atom is 0.282 e. The maximum atomic E-state index is 12.9. The standard InChI is InChI=1S/C19H19N3O2S/c1-2-24-15-9-5-3-7-13(15)11-21-22-12-20-18-17(19(22)23)14-8-4-6-10-16(14)25-18/h3,5,7,9,11-12H,2,4,6,8,10H2,1H3. The summed E-state index contributed by atoms with van der Waals surface area (Å²) in [4.78, 5) is 19.5. The second kappa shape index (κ2) is 6.80. The third-order valence-corrected chi connectivity index (χ3v) is 5.60. The van der Waals surface area contributed by atoms with Crippen molar-refractivity contribution in [1.82, 2.24) is 9.66 Å². The SMILES string of the molecule is CCOc1ccccc1C=Nn1cnc2sc3c(c2c1=O)CCCC3. The van der Waals surface area contributed by atoms with Crippen molar-refractivity contribution in [1.29, 1.82) is 0 Å². The molecule has 0 atom stereocenters. The summed E-state index contributed by atoms with van der Waals surface area (Å²) < 4.78 is 6.92. The molecule has 4 rings (SSSR count). The first-order chi connectivity index (χ1) is 12.3. The normalized spacial score (nSPS) is 14.1. The maximum absolute atomic E-state index is 12.9. The zero-order valence-corrected chi connectivity index (χ0v) is 14.9. The smallest absolute Gasteiger partial charge is 0.282 e. The number of thiophene rings is 1. The quantitative estimate of drug-likeness (QED) is 0.673. The molecule has 0 spiro atoms. The van der Waals surface area contributed by atoms with Crippen molar-refractivity contribution in [3.8, 4) is 5.75 Å². The Morgan fingerprint density at radius 2 is 2.16 bits per heavy atom. The van der Waals surface area contributed by atoms with Crippen molar-refractivity contribution < 1.29 is 4.74 Å². The molecule has 25 heavy (non-hydrogen) atoms. The summed E-state index contributed by atoms with van der Waals surface area (Å²) in [6.07, 6.45) is 7.51. The van der Waals surface area contributed by atoms with Gasteiger partial charge in [-0.3, -0.25) is 4.79 Å². The molecule has 0 saturated heterocycles.